The second kappa shape index (κ2) is 6.30. The summed E-state index contributed by atoms with van der Waals surface area (Å²) in [5, 5.41) is 0.815. The van der Waals surface area contributed by atoms with Crippen LogP contribution in [0.1, 0.15) is 12.0 Å². The van der Waals surface area contributed by atoms with Crippen LogP contribution < -0.4 is 18.9 Å². The van der Waals surface area contributed by atoms with Gasteiger partial charge in [-0.05, 0) is 17.9 Å². The molecule has 2 rings (SSSR count). The third kappa shape index (κ3) is 3.36. The van der Waals surface area contributed by atoms with Crippen molar-refractivity contribution in [2.24, 2.45) is 0 Å². The Bertz CT molecular complexity index is 270. The fourth-order valence-electron chi connectivity index (χ4n) is 1.18. The minimum absolute atomic E-state index is 0. The van der Waals surface area contributed by atoms with Gasteiger partial charge in [-0.1, -0.05) is 28.3 Å². The predicted molar refractivity (Wildman–Crippen MR) is 63.3 cm³/mol. The van der Waals surface area contributed by atoms with Gasteiger partial charge < -0.3 is 0 Å². The van der Waals surface area contributed by atoms with E-state index in [1.807, 2.05) is 35.7 Å². The summed E-state index contributed by atoms with van der Waals surface area (Å²) in [4.78, 5) is 0. The van der Waals surface area contributed by atoms with Gasteiger partial charge in [-0.15, -0.1) is 0 Å². The molecule has 1 heterocycles. The van der Waals surface area contributed by atoms with Crippen molar-refractivity contribution in [1.82, 2.24) is 0 Å². The Kier molecular flexibility index (Phi) is 5.74. The Morgan fingerprint density at radius 3 is 2.21 bits per heavy atom. The summed E-state index contributed by atoms with van der Waals surface area (Å²) in [6.07, 6.45) is 1.33. The molecular weight excluding hydrogens is 227 g/mol. The summed E-state index contributed by atoms with van der Waals surface area (Å²) in [7, 11) is 0. The number of thioether (sulfide) groups is 2. The molecule has 1 aromatic rings. The maximum atomic E-state index is 5.83. The molecule has 0 N–H and O–H groups in total. The molecule has 1 fully saturated rings. The number of halogens is 1. The van der Waals surface area contributed by atoms with E-state index in [0.29, 0.717) is 0 Å². The van der Waals surface area contributed by atoms with E-state index in [-0.39, 0.29) is 18.9 Å². The average molecular weight is 237 g/mol. The fourth-order valence-corrected chi connectivity index (χ4v) is 3.88. The maximum Gasteiger partial charge on any atom is 1.00 e. The molecule has 0 unspecified atom stereocenters. The SMILES string of the molecule is Clc1ccc([C-]2SCCCS2)cc1.[Li+]. The summed E-state index contributed by atoms with van der Waals surface area (Å²) in [6, 6.07) is 8.12. The van der Waals surface area contributed by atoms with E-state index < -0.39 is 0 Å². The van der Waals surface area contributed by atoms with E-state index in [2.05, 4.69) is 12.1 Å². The Morgan fingerprint density at radius 1 is 1.07 bits per heavy atom. The zero-order valence-electron chi connectivity index (χ0n) is 8.13. The molecule has 0 aromatic heterocycles. The van der Waals surface area contributed by atoms with Crippen LogP contribution in [0, 0.1) is 4.58 Å². The first-order valence-corrected chi connectivity index (χ1v) is 6.60. The smallest absolute Gasteiger partial charge is 0.188 e. The predicted octanol–water partition coefficient (Wildman–Crippen LogP) is 1.05. The Hall–Kier alpha value is 0.677. The van der Waals surface area contributed by atoms with Gasteiger partial charge in [0.05, 0.1) is 0 Å². The zero-order valence-corrected chi connectivity index (χ0v) is 10.5. The molecule has 70 valence electrons. The second-order valence-electron chi connectivity index (χ2n) is 2.84. The summed E-state index contributed by atoms with van der Waals surface area (Å²) < 4.78 is 1.45. The Balaban J connectivity index is 0.000000980. The summed E-state index contributed by atoms with van der Waals surface area (Å²) in [5.74, 6) is 2.51. The molecule has 0 atom stereocenters. The topological polar surface area (TPSA) is 0 Å². The molecule has 4 heteroatoms. The van der Waals surface area contributed by atoms with Gasteiger partial charge >= 0.3 is 18.9 Å². The molecule has 0 nitrogen and oxygen atoms in total. The Morgan fingerprint density at radius 2 is 1.64 bits per heavy atom. The van der Waals surface area contributed by atoms with Crippen LogP contribution in [0.2, 0.25) is 5.02 Å². The monoisotopic (exact) mass is 236 g/mol. The average Bonchev–Trinajstić information content (AvgIpc) is 2.20. The molecule has 0 aliphatic carbocycles. The summed E-state index contributed by atoms with van der Waals surface area (Å²) in [5.41, 5.74) is 1.32. The normalized spacial score (nSPS) is 16.2. The van der Waals surface area contributed by atoms with Crippen molar-refractivity contribution in [3.63, 3.8) is 0 Å². The molecule has 0 radical (unpaired) electrons. The summed E-state index contributed by atoms with van der Waals surface area (Å²) in [6.45, 7) is 0. The standard InChI is InChI=1S/C10H10ClS2.Li/c11-9-4-2-8(3-5-9)10-12-6-1-7-13-10;/h2-5H,1,6-7H2;/q-1;+1. The first-order valence-electron chi connectivity index (χ1n) is 4.25. The molecule has 1 aromatic carbocycles. The van der Waals surface area contributed by atoms with Crippen molar-refractivity contribution >= 4 is 35.1 Å². The molecule has 1 saturated heterocycles. The second-order valence-corrected chi connectivity index (χ2v) is 5.75. The minimum Gasteiger partial charge on any atom is -0.188 e. The van der Waals surface area contributed by atoms with Gasteiger partial charge in [0.25, 0.3) is 0 Å². The van der Waals surface area contributed by atoms with Gasteiger partial charge in [-0.25, -0.2) is 0 Å². The van der Waals surface area contributed by atoms with E-state index in [1.165, 1.54) is 28.1 Å². The molecule has 0 amide bonds. The van der Waals surface area contributed by atoms with Crippen LogP contribution in [0.25, 0.3) is 0 Å². The molecule has 1 aliphatic heterocycles. The third-order valence-corrected chi connectivity index (χ3v) is 4.78. The van der Waals surface area contributed by atoms with Crippen LogP contribution in [0.4, 0.5) is 0 Å². The van der Waals surface area contributed by atoms with Crippen molar-refractivity contribution in [2.75, 3.05) is 11.5 Å². The van der Waals surface area contributed by atoms with Crippen molar-refractivity contribution in [2.45, 2.75) is 6.42 Å². The molecule has 0 spiro atoms. The van der Waals surface area contributed by atoms with Gasteiger partial charge in [0.1, 0.15) is 0 Å². The van der Waals surface area contributed by atoms with Gasteiger partial charge in [0, 0.05) is 5.02 Å². The zero-order chi connectivity index (χ0) is 9.10. The van der Waals surface area contributed by atoms with Crippen LogP contribution in [0.3, 0.4) is 0 Å². The third-order valence-electron chi connectivity index (χ3n) is 1.83. The van der Waals surface area contributed by atoms with Crippen molar-refractivity contribution < 1.29 is 18.9 Å². The molecule has 0 bridgehead atoms. The van der Waals surface area contributed by atoms with Crippen LogP contribution in [0.15, 0.2) is 24.3 Å². The number of rotatable bonds is 1. The maximum absolute atomic E-state index is 5.83. The van der Waals surface area contributed by atoms with E-state index in [0.717, 1.165) is 5.02 Å². The first kappa shape index (κ1) is 12.7. The number of hydrogen-bond donors (Lipinski definition) is 0. The molecule has 14 heavy (non-hydrogen) atoms. The molecule has 0 saturated carbocycles. The van der Waals surface area contributed by atoms with Crippen molar-refractivity contribution in [3.8, 4) is 0 Å². The largest absolute Gasteiger partial charge is 1.00 e. The molecule has 1 aliphatic rings. The van der Waals surface area contributed by atoms with Gasteiger partial charge in [-0.2, -0.15) is 41.2 Å². The van der Waals surface area contributed by atoms with Gasteiger partial charge in [-0.3, -0.25) is 0 Å². The number of benzene rings is 1. The molecular formula is C10H10ClLiS2. The van der Waals surface area contributed by atoms with Crippen LogP contribution in [0.5, 0.6) is 0 Å². The quantitative estimate of drug-likeness (QED) is 0.528. The van der Waals surface area contributed by atoms with Crippen molar-refractivity contribution in [1.29, 1.82) is 0 Å². The van der Waals surface area contributed by atoms with Gasteiger partial charge in [0.15, 0.2) is 0 Å². The Labute approximate surface area is 111 Å². The van der Waals surface area contributed by atoms with E-state index >= 15 is 0 Å². The van der Waals surface area contributed by atoms with E-state index in [4.69, 9.17) is 11.6 Å². The fraction of sp³-hybridized carbons (Fsp3) is 0.300. The van der Waals surface area contributed by atoms with Crippen LogP contribution in [-0.2, 0) is 0 Å². The minimum atomic E-state index is 0. The van der Waals surface area contributed by atoms with E-state index in [9.17, 15) is 0 Å². The van der Waals surface area contributed by atoms with Crippen LogP contribution >= 0.6 is 35.1 Å². The van der Waals surface area contributed by atoms with Crippen molar-refractivity contribution in [3.05, 3.63) is 39.4 Å². The number of hydrogen-bond acceptors (Lipinski definition) is 2. The van der Waals surface area contributed by atoms with Gasteiger partial charge in [0.2, 0.25) is 0 Å². The first-order chi connectivity index (χ1) is 6.36. The van der Waals surface area contributed by atoms with Crippen LogP contribution in [-0.4, -0.2) is 11.5 Å². The van der Waals surface area contributed by atoms with E-state index in [1.54, 1.807) is 0 Å². The summed E-state index contributed by atoms with van der Waals surface area (Å²) >= 11 is 9.75.